The van der Waals surface area contributed by atoms with E-state index in [4.69, 9.17) is 9.47 Å². The molecule has 0 saturated carbocycles. The number of amides is 1. The maximum Gasteiger partial charge on any atom is 0.336 e. The van der Waals surface area contributed by atoms with Crippen molar-refractivity contribution in [1.29, 1.82) is 0 Å². The first-order valence-electron chi connectivity index (χ1n) is 8.83. The molecule has 1 heterocycles. The zero-order valence-electron chi connectivity index (χ0n) is 15.4. The average molecular weight is 345 g/mol. The molecular weight excluding hydrogens is 318 g/mol. The highest BCUT2D eigenvalue weighted by Gasteiger charge is 2.34. The molecule has 0 saturated heterocycles. The minimum Gasteiger partial charge on any atom is -0.493 e. The summed E-state index contributed by atoms with van der Waals surface area (Å²) in [6.45, 7) is 8.70. The van der Waals surface area contributed by atoms with E-state index < -0.39 is 0 Å². The van der Waals surface area contributed by atoms with E-state index in [9.17, 15) is 9.59 Å². The summed E-state index contributed by atoms with van der Waals surface area (Å²) in [6, 6.07) is 7.58. The molecule has 5 nitrogen and oxygen atoms in total. The van der Waals surface area contributed by atoms with E-state index in [-0.39, 0.29) is 30.1 Å². The Hall–Kier alpha value is -2.30. The molecule has 136 valence electrons. The molecule has 1 aromatic rings. The lowest BCUT2D eigenvalue weighted by atomic mass is 9.84. The second-order valence-corrected chi connectivity index (χ2v) is 6.72. The summed E-state index contributed by atoms with van der Waals surface area (Å²) in [5, 5.41) is 2.76. The Labute approximate surface area is 149 Å². The summed E-state index contributed by atoms with van der Waals surface area (Å²) in [7, 11) is 0. The van der Waals surface area contributed by atoms with E-state index in [1.165, 1.54) is 0 Å². The predicted molar refractivity (Wildman–Crippen MR) is 96.2 cm³/mol. The molecule has 1 aliphatic heterocycles. The van der Waals surface area contributed by atoms with Gasteiger partial charge in [-0.25, -0.2) is 4.79 Å². The van der Waals surface area contributed by atoms with E-state index >= 15 is 0 Å². The fourth-order valence-electron chi connectivity index (χ4n) is 2.87. The molecular formula is C20H27NO4. The Morgan fingerprint density at radius 1 is 1.32 bits per heavy atom. The fraction of sp³-hybridized carbons (Fsp3) is 0.500. The number of benzene rings is 1. The zero-order chi connectivity index (χ0) is 18.4. The van der Waals surface area contributed by atoms with Gasteiger partial charge in [0.15, 0.2) is 0 Å². The lowest BCUT2D eigenvalue weighted by Crippen LogP contribution is -2.34. The Balaban J connectivity index is 2.38. The summed E-state index contributed by atoms with van der Waals surface area (Å²) in [6.07, 6.45) is 1.09. The molecule has 0 aromatic heterocycles. The van der Waals surface area contributed by atoms with E-state index in [0.717, 1.165) is 12.0 Å². The van der Waals surface area contributed by atoms with Gasteiger partial charge in [-0.1, -0.05) is 39.0 Å². The summed E-state index contributed by atoms with van der Waals surface area (Å²) < 4.78 is 11.3. The van der Waals surface area contributed by atoms with Crippen molar-refractivity contribution in [2.75, 3.05) is 13.2 Å². The van der Waals surface area contributed by atoms with Crippen LogP contribution in [-0.2, 0) is 14.3 Å². The van der Waals surface area contributed by atoms with Crippen molar-refractivity contribution < 1.29 is 19.1 Å². The molecule has 2 rings (SSSR count). The largest absolute Gasteiger partial charge is 0.493 e. The smallest absolute Gasteiger partial charge is 0.336 e. The van der Waals surface area contributed by atoms with Crippen LogP contribution in [0.2, 0.25) is 0 Å². The molecule has 1 aliphatic rings. The van der Waals surface area contributed by atoms with Crippen LogP contribution in [-0.4, -0.2) is 25.1 Å². The summed E-state index contributed by atoms with van der Waals surface area (Å²) in [5.41, 5.74) is 1.91. The fourth-order valence-corrected chi connectivity index (χ4v) is 2.87. The predicted octanol–water partition coefficient (Wildman–Crippen LogP) is 3.55. The quantitative estimate of drug-likeness (QED) is 0.768. The molecule has 0 radical (unpaired) electrons. The van der Waals surface area contributed by atoms with Crippen LogP contribution < -0.4 is 10.1 Å². The van der Waals surface area contributed by atoms with E-state index in [1.807, 2.05) is 45.0 Å². The lowest BCUT2D eigenvalue weighted by Gasteiger charge is -2.28. The van der Waals surface area contributed by atoms with Crippen molar-refractivity contribution in [3.8, 4) is 5.75 Å². The highest BCUT2D eigenvalue weighted by Crippen LogP contribution is 2.38. The van der Waals surface area contributed by atoms with Gasteiger partial charge < -0.3 is 14.8 Å². The Morgan fingerprint density at radius 3 is 2.72 bits per heavy atom. The van der Waals surface area contributed by atoms with Crippen molar-refractivity contribution in [2.24, 2.45) is 5.92 Å². The van der Waals surface area contributed by atoms with Crippen LogP contribution in [0, 0.1) is 5.92 Å². The van der Waals surface area contributed by atoms with E-state index in [0.29, 0.717) is 30.2 Å². The first kappa shape index (κ1) is 19.0. The number of nitrogens with one attached hydrogen (secondary N) is 1. The molecule has 1 amide bonds. The maximum absolute atomic E-state index is 12.7. The van der Waals surface area contributed by atoms with Crippen molar-refractivity contribution in [3.63, 3.8) is 0 Å². The number of hydrogen-bond acceptors (Lipinski definition) is 4. The molecule has 5 heteroatoms. The molecule has 25 heavy (non-hydrogen) atoms. The van der Waals surface area contributed by atoms with Crippen LogP contribution in [0.25, 0.3) is 0 Å². The normalized spacial score (nSPS) is 17.5. The van der Waals surface area contributed by atoms with Crippen LogP contribution in [0.5, 0.6) is 5.75 Å². The topological polar surface area (TPSA) is 64.6 Å². The number of esters is 1. The van der Waals surface area contributed by atoms with Crippen molar-refractivity contribution in [2.45, 2.75) is 46.5 Å². The highest BCUT2D eigenvalue weighted by molar-refractivity contribution is 5.96. The molecule has 0 spiro atoms. The Bertz CT molecular complexity index is 663. The van der Waals surface area contributed by atoms with Gasteiger partial charge in [-0.05, 0) is 25.3 Å². The SMILES string of the molecule is CCCOc1ccccc1[C@H]1CC(=O)NC(C)=C1C(=O)OCC(C)C. The molecule has 0 bridgehead atoms. The lowest BCUT2D eigenvalue weighted by molar-refractivity contribution is -0.140. The van der Waals surface area contributed by atoms with Crippen LogP contribution in [0.4, 0.5) is 0 Å². The van der Waals surface area contributed by atoms with Gasteiger partial charge in [0, 0.05) is 23.6 Å². The van der Waals surface area contributed by atoms with Crippen LogP contribution in [0.3, 0.4) is 0 Å². The monoisotopic (exact) mass is 345 g/mol. The molecule has 0 unspecified atom stereocenters. The zero-order valence-corrected chi connectivity index (χ0v) is 15.4. The minimum atomic E-state index is -0.374. The van der Waals surface area contributed by atoms with Gasteiger partial charge in [-0.2, -0.15) is 0 Å². The summed E-state index contributed by atoms with van der Waals surface area (Å²) >= 11 is 0. The Kier molecular flexibility index (Phi) is 6.62. The van der Waals surface area contributed by atoms with Gasteiger partial charge in [0.1, 0.15) is 5.75 Å². The third-order valence-electron chi connectivity index (χ3n) is 3.99. The van der Waals surface area contributed by atoms with Crippen LogP contribution in [0.15, 0.2) is 35.5 Å². The van der Waals surface area contributed by atoms with Crippen LogP contribution in [0.1, 0.15) is 52.0 Å². The third kappa shape index (κ3) is 4.84. The first-order chi connectivity index (χ1) is 11.9. The van der Waals surface area contributed by atoms with Crippen molar-refractivity contribution >= 4 is 11.9 Å². The van der Waals surface area contributed by atoms with Gasteiger partial charge >= 0.3 is 5.97 Å². The molecule has 1 atom stereocenters. The van der Waals surface area contributed by atoms with Crippen molar-refractivity contribution in [3.05, 3.63) is 41.1 Å². The standard InChI is InChI=1S/C20H27NO4/c1-5-10-24-17-9-7-6-8-15(17)16-11-18(22)21-14(4)19(16)20(23)25-12-13(2)3/h6-9,13,16H,5,10-12H2,1-4H3,(H,21,22)/t16-/m1/s1. The number of allylic oxidation sites excluding steroid dienone is 1. The maximum atomic E-state index is 12.7. The van der Waals surface area contributed by atoms with E-state index in [2.05, 4.69) is 5.32 Å². The Morgan fingerprint density at radius 2 is 2.04 bits per heavy atom. The summed E-state index contributed by atoms with van der Waals surface area (Å²) in [5.74, 6) is 0.129. The van der Waals surface area contributed by atoms with Gasteiger partial charge in [-0.3, -0.25) is 4.79 Å². The molecule has 0 aliphatic carbocycles. The number of hydrogen-bond donors (Lipinski definition) is 1. The number of para-hydroxylation sites is 1. The number of rotatable bonds is 7. The van der Waals surface area contributed by atoms with Gasteiger partial charge in [0.2, 0.25) is 5.91 Å². The second-order valence-electron chi connectivity index (χ2n) is 6.72. The molecule has 1 N–H and O–H groups in total. The van der Waals surface area contributed by atoms with Crippen molar-refractivity contribution in [1.82, 2.24) is 5.32 Å². The van der Waals surface area contributed by atoms with Gasteiger partial charge in [0.25, 0.3) is 0 Å². The molecule has 1 aromatic carbocycles. The van der Waals surface area contributed by atoms with Gasteiger partial charge in [0.05, 0.1) is 18.8 Å². The number of carbonyl (C=O) groups excluding carboxylic acids is 2. The molecule has 0 fully saturated rings. The highest BCUT2D eigenvalue weighted by atomic mass is 16.5. The average Bonchev–Trinajstić information content (AvgIpc) is 2.57. The van der Waals surface area contributed by atoms with Crippen LogP contribution >= 0.6 is 0 Å². The number of ether oxygens (including phenoxy) is 2. The van der Waals surface area contributed by atoms with E-state index in [1.54, 1.807) is 6.92 Å². The number of carbonyl (C=O) groups is 2. The van der Waals surface area contributed by atoms with Gasteiger partial charge in [-0.15, -0.1) is 0 Å². The second kappa shape index (κ2) is 8.70. The third-order valence-corrected chi connectivity index (χ3v) is 3.99. The minimum absolute atomic E-state index is 0.104. The summed E-state index contributed by atoms with van der Waals surface area (Å²) in [4.78, 5) is 24.7. The first-order valence-corrected chi connectivity index (χ1v) is 8.83.